The third kappa shape index (κ3) is 3.82. The van der Waals surface area contributed by atoms with Crippen molar-refractivity contribution < 1.29 is 4.79 Å². The van der Waals surface area contributed by atoms with Crippen molar-refractivity contribution in [3.05, 3.63) is 54.0 Å². The molecule has 2 aromatic heterocycles. The van der Waals surface area contributed by atoms with E-state index in [2.05, 4.69) is 26.5 Å². The number of nitriles is 2. The molecule has 3 heterocycles. The summed E-state index contributed by atoms with van der Waals surface area (Å²) in [6.07, 6.45) is 5.04. The Labute approximate surface area is 173 Å². The molecule has 0 atom stereocenters. The summed E-state index contributed by atoms with van der Waals surface area (Å²) in [6.45, 7) is 3.07. The standard InChI is InChI=1S/C21H18N8O/c1-14-9-24-21(26-18-10-25-29(13-18)7-6-22)27-19(14)16-2-4-17(5-3-16)20(30)28-11-15(8-23)12-28/h2-5,9-10,13,15H,7,11-12H2,1H3,(H,24,26,27). The number of benzene rings is 1. The summed E-state index contributed by atoms with van der Waals surface area (Å²) in [5.74, 6) is 0.286. The van der Waals surface area contributed by atoms with Crippen molar-refractivity contribution in [2.45, 2.75) is 13.5 Å². The lowest BCUT2D eigenvalue weighted by Crippen LogP contribution is -2.49. The van der Waals surface area contributed by atoms with Crippen LogP contribution < -0.4 is 5.32 Å². The predicted octanol–water partition coefficient (Wildman–Crippen LogP) is 2.51. The first-order chi connectivity index (χ1) is 14.6. The Hall–Kier alpha value is -4.24. The number of nitrogens with zero attached hydrogens (tertiary/aromatic N) is 7. The third-order valence-corrected chi connectivity index (χ3v) is 4.85. The highest BCUT2D eigenvalue weighted by Gasteiger charge is 2.30. The van der Waals surface area contributed by atoms with Gasteiger partial charge >= 0.3 is 0 Å². The Morgan fingerprint density at radius 1 is 1.23 bits per heavy atom. The van der Waals surface area contributed by atoms with E-state index in [-0.39, 0.29) is 18.4 Å². The van der Waals surface area contributed by atoms with Gasteiger partial charge in [0.25, 0.3) is 5.91 Å². The molecule has 4 rings (SSSR count). The molecular weight excluding hydrogens is 380 g/mol. The summed E-state index contributed by atoms with van der Waals surface area (Å²) in [4.78, 5) is 23.0. The fourth-order valence-corrected chi connectivity index (χ4v) is 3.19. The SMILES string of the molecule is Cc1cnc(Nc2cnn(CC#N)c2)nc1-c1ccc(C(=O)N2CC(C#N)C2)cc1. The van der Waals surface area contributed by atoms with Gasteiger partial charge in [-0.1, -0.05) is 12.1 Å². The van der Waals surface area contributed by atoms with Crippen molar-refractivity contribution in [3.63, 3.8) is 0 Å². The number of anilines is 2. The van der Waals surface area contributed by atoms with Crippen molar-refractivity contribution in [1.82, 2.24) is 24.6 Å². The quantitative estimate of drug-likeness (QED) is 0.700. The summed E-state index contributed by atoms with van der Waals surface area (Å²) >= 11 is 0. The van der Waals surface area contributed by atoms with E-state index in [1.165, 1.54) is 4.68 Å². The van der Waals surface area contributed by atoms with Gasteiger partial charge in [0, 0.05) is 36.6 Å². The molecule has 0 unspecified atom stereocenters. The number of rotatable bonds is 5. The normalized spacial score (nSPS) is 13.2. The summed E-state index contributed by atoms with van der Waals surface area (Å²) in [7, 11) is 0. The van der Waals surface area contributed by atoms with Crippen LogP contribution in [0.1, 0.15) is 15.9 Å². The van der Waals surface area contributed by atoms with Gasteiger partial charge in [-0.15, -0.1) is 0 Å². The van der Waals surface area contributed by atoms with Crippen LogP contribution in [0.4, 0.5) is 11.6 Å². The van der Waals surface area contributed by atoms with Crippen LogP contribution in [-0.4, -0.2) is 43.6 Å². The van der Waals surface area contributed by atoms with Crippen molar-refractivity contribution in [2.24, 2.45) is 5.92 Å². The van der Waals surface area contributed by atoms with E-state index < -0.39 is 0 Å². The average molecular weight is 398 g/mol. The molecule has 0 bridgehead atoms. The van der Waals surface area contributed by atoms with E-state index in [9.17, 15) is 4.79 Å². The second kappa shape index (κ2) is 8.02. The molecular formula is C21H18N8O. The van der Waals surface area contributed by atoms with Gasteiger partial charge < -0.3 is 10.2 Å². The summed E-state index contributed by atoms with van der Waals surface area (Å²) in [6, 6.07) is 11.5. The zero-order valence-corrected chi connectivity index (χ0v) is 16.3. The van der Waals surface area contributed by atoms with E-state index in [4.69, 9.17) is 10.5 Å². The molecule has 0 saturated carbocycles. The van der Waals surface area contributed by atoms with Crippen LogP contribution in [0.3, 0.4) is 0 Å². The molecule has 3 aromatic rings. The van der Waals surface area contributed by atoms with Crippen molar-refractivity contribution in [3.8, 4) is 23.4 Å². The lowest BCUT2D eigenvalue weighted by Gasteiger charge is -2.35. The molecule has 9 nitrogen and oxygen atoms in total. The molecule has 1 aromatic carbocycles. The molecule has 1 aliphatic rings. The van der Waals surface area contributed by atoms with Crippen molar-refractivity contribution in [2.75, 3.05) is 18.4 Å². The Morgan fingerprint density at radius 2 is 2.00 bits per heavy atom. The number of nitrogens with one attached hydrogen (secondary N) is 1. The first kappa shape index (κ1) is 19.1. The molecule has 9 heteroatoms. The van der Waals surface area contributed by atoms with Crippen LogP contribution in [-0.2, 0) is 6.54 Å². The number of carbonyl (C=O) groups is 1. The van der Waals surface area contributed by atoms with E-state index in [0.717, 1.165) is 16.8 Å². The Bertz CT molecular complexity index is 1160. The number of aromatic nitrogens is 4. The Kier molecular flexibility index (Phi) is 5.10. The van der Waals surface area contributed by atoms with Gasteiger partial charge in [0.2, 0.25) is 5.95 Å². The summed E-state index contributed by atoms with van der Waals surface area (Å²) in [5, 5.41) is 24.8. The zero-order chi connectivity index (χ0) is 21.1. The minimum absolute atomic E-state index is 0.0604. The second-order valence-electron chi connectivity index (χ2n) is 7.05. The van der Waals surface area contributed by atoms with Crippen LogP contribution in [0.2, 0.25) is 0 Å². The lowest BCUT2D eigenvalue weighted by atomic mass is 10.00. The number of carbonyl (C=O) groups excluding carboxylic acids is 1. The van der Waals surface area contributed by atoms with Gasteiger partial charge in [-0.3, -0.25) is 9.48 Å². The van der Waals surface area contributed by atoms with Crippen LogP contribution in [0, 0.1) is 35.5 Å². The maximum absolute atomic E-state index is 12.5. The highest BCUT2D eigenvalue weighted by atomic mass is 16.2. The van der Waals surface area contributed by atoms with Gasteiger partial charge in [-0.25, -0.2) is 9.97 Å². The van der Waals surface area contributed by atoms with Crippen LogP contribution >= 0.6 is 0 Å². The van der Waals surface area contributed by atoms with Gasteiger partial charge in [-0.2, -0.15) is 15.6 Å². The average Bonchev–Trinajstić information content (AvgIpc) is 3.16. The monoisotopic (exact) mass is 398 g/mol. The molecule has 0 radical (unpaired) electrons. The van der Waals surface area contributed by atoms with E-state index in [0.29, 0.717) is 30.3 Å². The van der Waals surface area contributed by atoms with E-state index in [1.807, 2.05) is 25.1 Å². The lowest BCUT2D eigenvalue weighted by molar-refractivity contribution is 0.0577. The van der Waals surface area contributed by atoms with E-state index in [1.54, 1.807) is 35.6 Å². The molecule has 1 fully saturated rings. The highest BCUT2D eigenvalue weighted by Crippen LogP contribution is 2.25. The minimum Gasteiger partial charge on any atom is -0.336 e. The van der Waals surface area contributed by atoms with Gasteiger partial charge in [0.1, 0.15) is 6.54 Å². The van der Waals surface area contributed by atoms with Gasteiger partial charge in [0.15, 0.2) is 0 Å². The molecule has 1 N–H and O–H groups in total. The zero-order valence-electron chi connectivity index (χ0n) is 16.3. The number of amides is 1. The van der Waals surface area contributed by atoms with Gasteiger partial charge in [0.05, 0.1) is 35.6 Å². The van der Waals surface area contributed by atoms with Crippen LogP contribution in [0.25, 0.3) is 11.3 Å². The summed E-state index contributed by atoms with van der Waals surface area (Å²) in [5.41, 5.74) is 3.80. The van der Waals surface area contributed by atoms with Crippen LogP contribution in [0.5, 0.6) is 0 Å². The largest absolute Gasteiger partial charge is 0.336 e. The fraction of sp³-hybridized carbons (Fsp3) is 0.238. The smallest absolute Gasteiger partial charge is 0.253 e. The van der Waals surface area contributed by atoms with Crippen molar-refractivity contribution in [1.29, 1.82) is 10.5 Å². The third-order valence-electron chi connectivity index (χ3n) is 4.85. The van der Waals surface area contributed by atoms with E-state index >= 15 is 0 Å². The Morgan fingerprint density at radius 3 is 2.70 bits per heavy atom. The first-order valence-electron chi connectivity index (χ1n) is 9.37. The van der Waals surface area contributed by atoms with Gasteiger partial charge in [-0.05, 0) is 24.6 Å². The van der Waals surface area contributed by atoms with Crippen molar-refractivity contribution >= 4 is 17.5 Å². The minimum atomic E-state index is -0.0656. The Balaban J connectivity index is 1.50. The number of hydrogen-bond acceptors (Lipinski definition) is 7. The molecule has 1 amide bonds. The molecule has 1 saturated heterocycles. The molecule has 148 valence electrons. The number of aryl methyl sites for hydroxylation is 1. The molecule has 1 aliphatic heterocycles. The maximum atomic E-state index is 12.5. The topological polar surface area (TPSA) is 124 Å². The summed E-state index contributed by atoms with van der Waals surface area (Å²) < 4.78 is 1.52. The molecule has 0 aliphatic carbocycles. The molecule has 30 heavy (non-hydrogen) atoms. The van der Waals surface area contributed by atoms with Crippen LogP contribution in [0.15, 0.2) is 42.9 Å². The molecule has 0 spiro atoms. The number of hydrogen-bond donors (Lipinski definition) is 1. The number of likely N-dealkylation sites (tertiary alicyclic amines) is 1. The first-order valence-corrected chi connectivity index (χ1v) is 9.37. The predicted molar refractivity (Wildman–Crippen MR) is 108 cm³/mol. The second-order valence-corrected chi connectivity index (χ2v) is 7.05. The maximum Gasteiger partial charge on any atom is 0.253 e. The fourth-order valence-electron chi connectivity index (χ4n) is 3.19. The highest BCUT2D eigenvalue weighted by molar-refractivity contribution is 5.95.